The van der Waals surface area contributed by atoms with Crippen molar-refractivity contribution >= 4 is 11.9 Å². The van der Waals surface area contributed by atoms with Gasteiger partial charge in [-0.25, -0.2) is 9.97 Å². The molecule has 0 saturated heterocycles. The zero-order valence-electron chi connectivity index (χ0n) is 10.1. The van der Waals surface area contributed by atoms with Gasteiger partial charge in [0.25, 0.3) is 5.91 Å². The first-order valence-electron chi connectivity index (χ1n) is 4.97. The smallest absolute Gasteiger partial charge is 0.325 e. The summed E-state index contributed by atoms with van der Waals surface area (Å²) < 4.78 is 9.82. The number of aromatic nitrogens is 2. The van der Waals surface area contributed by atoms with Gasteiger partial charge in [-0.05, 0) is 6.92 Å². The van der Waals surface area contributed by atoms with E-state index in [1.807, 2.05) is 0 Å². The maximum atomic E-state index is 11.9. The van der Waals surface area contributed by atoms with Gasteiger partial charge in [0.15, 0.2) is 5.56 Å². The first kappa shape index (κ1) is 13.7. The molecule has 0 aliphatic heterocycles. The fourth-order valence-corrected chi connectivity index (χ4v) is 1.19. The molecule has 0 saturated carbocycles. The number of carboxylic acids is 1. The van der Waals surface area contributed by atoms with E-state index in [2.05, 4.69) is 15.3 Å². The van der Waals surface area contributed by atoms with Crippen LogP contribution in [0.4, 0.5) is 0 Å². The highest BCUT2D eigenvalue weighted by atomic mass is 16.5. The van der Waals surface area contributed by atoms with Gasteiger partial charge < -0.3 is 19.9 Å². The first-order valence-corrected chi connectivity index (χ1v) is 4.97. The normalized spacial score (nSPS) is 11.5. The Morgan fingerprint density at radius 1 is 1.28 bits per heavy atom. The molecule has 8 nitrogen and oxygen atoms in total. The van der Waals surface area contributed by atoms with Crippen LogP contribution in [0.3, 0.4) is 0 Å². The van der Waals surface area contributed by atoms with Crippen LogP contribution in [0.1, 0.15) is 17.3 Å². The lowest BCUT2D eigenvalue weighted by molar-refractivity contribution is -0.138. The number of hydrogen-bond acceptors (Lipinski definition) is 6. The zero-order chi connectivity index (χ0) is 13.7. The lowest BCUT2D eigenvalue weighted by Crippen LogP contribution is -2.38. The molecule has 0 bridgehead atoms. The number of hydrogen-bond donors (Lipinski definition) is 2. The molecular formula is C10H13N3O5. The summed E-state index contributed by atoms with van der Waals surface area (Å²) in [7, 11) is 2.67. The summed E-state index contributed by atoms with van der Waals surface area (Å²) in [6.07, 6.45) is 1.18. The van der Waals surface area contributed by atoms with Gasteiger partial charge in [0.2, 0.25) is 11.8 Å². The van der Waals surface area contributed by atoms with E-state index in [1.54, 1.807) is 0 Å². The van der Waals surface area contributed by atoms with Crippen LogP contribution in [-0.2, 0) is 4.79 Å². The number of methoxy groups -OCH3 is 2. The minimum absolute atomic E-state index is 0.0111. The van der Waals surface area contributed by atoms with Crippen LogP contribution in [0.5, 0.6) is 11.8 Å². The van der Waals surface area contributed by atoms with Crippen LogP contribution < -0.4 is 14.8 Å². The average Bonchev–Trinajstić information content (AvgIpc) is 2.37. The van der Waals surface area contributed by atoms with Crippen molar-refractivity contribution in [2.45, 2.75) is 13.0 Å². The molecule has 0 radical (unpaired) electrons. The molecule has 0 fully saturated rings. The number of nitrogens with zero attached hydrogens (tertiary/aromatic N) is 2. The summed E-state index contributed by atoms with van der Waals surface area (Å²) in [6, 6.07) is -1.05. The highest BCUT2D eigenvalue weighted by Crippen LogP contribution is 2.23. The van der Waals surface area contributed by atoms with Gasteiger partial charge in [0.1, 0.15) is 12.4 Å². The van der Waals surface area contributed by atoms with Crippen molar-refractivity contribution in [3.8, 4) is 11.8 Å². The summed E-state index contributed by atoms with van der Waals surface area (Å²) in [5.41, 5.74) is -0.0457. The lowest BCUT2D eigenvalue weighted by atomic mass is 10.2. The molecule has 8 heteroatoms. The molecule has 0 unspecified atom stereocenters. The van der Waals surface area contributed by atoms with Crippen LogP contribution in [0.2, 0.25) is 0 Å². The van der Waals surface area contributed by atoms with Crippen LogP contribution in [-0.4, -0.2) is 47.2 Å². The highest BCUT2D eigenvalue weighted by Gasteiger charge is 2.24. The van der Waals surface area contributed by atoms with Gasteiger partial charge in [-0.3, -0.25) is 9.59 Å². The minimum Gasteiger partial charge on any atom is -0.480 e. The van der Waals surface area contributed by atoms with E-state index in [9.17, 15) is 9.59 Å². The van der Waals surface area contributed by atoms with E-state index in [0.29, 0.717) is 0 Å². The molecule has 1 atom stereocenters. The molecule has 1 heterocycles. The zero-order valence-corrected chi connectivity index (χ0v) is 10.1. The van der Waals surface area contributed by atoms with Crippen LogP contribution in [0.25, 0.3) is 0 Å². The van der Waals surface area contributed by atoms with Crippen molar-refractivity contribution in [2.75, 3.05) is 14.2 Å². The second kappa shape index (κ2) is 5.80. The molecule has 0 aliphatic carbocycles. The monoisotopic (exact) mass is 255 g/mol. The van der Waals surface area contributed by atoms with Gasteiger partial charge >= 0.3 is 5.97 Å². The molecule has 0 aromatic carbocycles. The Hall–Kier alpha value is -2.38. The van der Waals surface area contributed by atoms with Crippen LogP contribution in [0, 0.1) is 0 Å². The number of carbonyl (C=O) groups is 2. The molecule has 0 spiro atoms. The molecule has 98 valence electrons. The van der Waals surface area contributed by atoms with E-state index in [0.717, 1.165) is 0 Å². The standard InChI is InChI=1S/C10H13N3O5/c1-5(10(15)16)13-7(14)6-8(17-2)11-4-12-9(6)18-3/h4-5H,1-3H3,(H,13,14)(H,15,16)/t5-/m1/s1. The van der Waals surface area contributed by atoms with Gasteiger partial charge in [-0.2, -0.15) is 0 Å². The Kier molecular flexibility index (Phi) is 4.41. The minimum atomic E-state index is -1.15. The Morgan fingerprint density at radius 2 is 1.78 bits per heavy atom. The number of amides is 1. The molecule has 2 N–H and O–H groups in total. The Bertz CT molecular complexity index is 441. The largest absolute Gasteiger partial charge is 0.480 e. The number of aliphatic carboxylic acids is 1. The van der Waals surface area contributed by atoms with Crippen LogP contribution in [0.15, 0.2) is 6.33 Å². The average molecular weight is 255 g/mol. The number of ether oxygens (including phenoxy) is 2. The molecule has 1 aromatic heterocycles. The van der Waals surface area contributed by atoms with E-state index in [4.69, 9.17) is 14.6 Å². The predicted octanol–water partition coefficient (Wildman–Crippen LogP) is -0.303. The van der Waals surface area contributed by atoms with E-state index in [1.165, 1.54) is 27.5 Å². The quantitative estimate of drug-likeness (QED) is 0.742. The fraction of sp³-hybridized carbons (Fsp3) is 0.400. The molecule has 18 heavy (non-hydrogen) atoms. The maximum Gasteiger partial charge on any atom is 0.325 e. The third-order valence-corrected chi connectivity index (χ3v) is 2.11. The third-order valence-electron chi connectivity index (χ3n) is 2.11. The van der Waals surface area contributed by atoms with Crippen molar-refractivity contribution < 1.29 is 24.2 Å². The molecule has 1 aromatic rings. The summed E-state index contributed by atoms with van der Waals surface area (Å²) in [5.74, 6) is -1.81. The molecule has 0 aliphatic rings. The third kappa shape index (κ3) is 2.84. The van der Waals surface area contributed by atoms with E-state index < -0.39 is 17.9 Å². The summed E-state index contributed by atoms with van der Waals surface area (Å²) in [4.78, 5) is 30.1. The highest BCUT2D eigenvalue weighted by molar-refractivity contribution is 6.00. The maximum absolute atomic E-state index is 11.9. The molecule has 1 amide bonds. The van der Waals surface area contributed by atoms with E-state index >= 15 is 0 Å². The van der Waals surface area contributed by atoms with Crippen molar-refractivity contribution in [1.82, 2.24) is 15.3 Å². The Labute approximate surface area is 103 Å². The lowest BCUT2D eigenvalue weighted by Gasteiger charge is -2.12. The SMILES string of the molecule is COc1ncnc(OC)c1C(=O)N[C@H](C)C(=O)O. The topological polar surface area (TPSA) is 111 Å². The van der Waals surface area contributed by atoms with Gasteiger partial charge in [0, 0.05) is 0 Å². The van der Waals surface area contributed by atoms with Crippen molar-refractivity contribution in [3.63, 3.8) is 0 Å². The van der Waals surface area contributed by atoms with Crippen molar-refractivity contribution in [3.05, 3.63) is 11.9 Å². The summed E-state index contributed by atoms with van der Waals surface area (Å²) >= 11 is 0. The number of nitrogens with one attached hydrogen (secondary N) is 1. The first-order chi connectivity index (χ1) is 8.51. The van der Waals surface area contributed by atoms with Gasteiger partial charge in [-0.15, -0.1) is 0 Å². The second-order valence-corrected chi connectivity index (χ2v) is 3.30. The molecular weight excluding hydrogens is 242 g/mol. The summed E-state index contributed by atoms with van der Waals surface area (Å²) in [6.45, 7) is 1.34. The number of carboxylic acid groups (broad SMARTS) is 1. The molecule has 1 rings (SSSR count). The van der Waals surface area contributed by atoms with E-state index in [-0.39, 0.29) is 17.3 Å². The summed E-state index contributed by atoms with van der Waals surface area (Å²) in [5, 5.41) is 11.0. The van der Waals surface area contributed by atoms with Crippen molar-refractivity contribution in [2.24, 2.45) is 0 Å². The Morgan fingerprint density at radius 3 is 2.17 bits per heavy atom. The second-order valence-electron chi connectivity index (χ2n) is 3.30. The number of carbonyl (C=O) groups excluding carboxylic acids is 1. The van der Waals surface area contributed by atoms with Gasteiger partial charge in [-0.1, -0.05) is 0 Å². The number of rotatable bonds is 5. The van der Waals surface area contributed by atoms with Crippen LogP contribution >= 0.6 is 0 Å². The van der Waals surface area contributed by atoms with Gasteiger partial charge in [0.05, 0.1) is 14.2 Å². The Balaban J connectivity index is 3.07. The van der Waals surface area contributed by atoms with Crippen molar-refractivity contribution in [1.29, 1.82) is 0 Å². The fourth-order valence-electron chi connectivity index (χ4n) is 1.19. The predicted molar refractivity (Wildman–Crippen MR) is 59.7 cm³/mol.